The molecule has 1 aliphatic carbocycles. The molecule has 1 unspecified atom stereocenters. The first-order chi connectivity index (χ1) is 11.0. The molecule has 1 saturated heterocycles. The summed E-state index contributed by atoms with van der Waals surface area (Å²) in [7, 11) is 0. The van der Waals surface area contributed by atoms with Crippen molar-refractivity contribution in [1.29, 1.82) is 0 Å². The van der Waals surface area contributed by atoms with Crippen molar-refractivity contribution in [2.75, 3.05) is 0 Å². The van der Waals surface area contributed by atoms with E-state index in [-0.39, 0.29) is 16.8 Å². The van der Waals surface area contributed by atoms with Gasteiger partial charge >= 0.3 is 0 Å². The minimum atomic E-state index is 0.0143. The first-order valence-electron chi connectivity index (χ1n) is 8.54. The lowest BCUT2D eigenvalue weighted by Crippen LogP contribution is -2.32. The van der Waals surface area contributed by atoms with E-state index in [0.29, 0.717) is 11.9 Å². The highest BCUT2D eigenvalue weighted by Crippen LogP contribution is 2.50. The van der Waals surface area contributed by atoms with E-state index in [4.69, 9.17) is 4.74 Å². The van der Waals surface area contributed by atoms with Crippen molar-refractivity contribution in [2.24, 2.45) is 5.92 Å². The van der Waals surface area contributed by atoms with E-state index in [1.165, 1.54) is 10.5 Å². The molecular formula is C20H26O2S. The van der Waals surface area contributed by atoms with Gasteiger partial charge in [0.15, 0.2) is 0 Å². The maximum absolute atomic E-state index is 13.1. The van der Waals surface area contributed by atoms with Gasteiger partial charge in [0.25, 0.3) is 0 Å². The standard InChI is InChI=1S/C20H26O2S/c1-14(2)9-10-17(23-16-7-5-4-6-8-16)19(21)15-11-12-20(3)18(13-15)22-20/h4-9,15,17-18H,10-13H2,1-3H3/t15-,17?,18-,20+/m0/s1. The van der Waals surface area contributed by atoms with Crippen molar-refractivity contribution in [3.05, 3.63) is 42.0 Å². The summed E-state index contributed by atoms with van der Waals surface area (Å²) >= 11 is 1.71. The fourth-order valence-corrected chi connectivity index (χ4v) is 4.54. The molecule has 0 amide bonds. The highest BCUT2D eigenvalue weighted by atomic mass is 32.2. The largest absolute Gasteiger partial charge is 0.366 e. The Labute approximate surface area is 143 Å². The third kappa shape index (κ3) is 4.07. The molecule has 3 heteroatoms. The third-order valence-corrected chi connectivity index (χ3v) is 6.26. The predicted octanol–water partition coefficient (Wildman–Crippen LogP) is 5.03. The van der Waals surface area contributed by atoms with Crippen LogP contribution in [0.3, 0.4) is 0 Å². The van der Waals surface area contributed by atoms with Crippen molar-refractivity contribution < 1.29 is 9.53 Å². The van der Waals surface area contributed by atoms with Crippen molar-refractivity contribution in [3.63, 3.8) is 0 Å². The minimum absolute atomic E-state index is 0.0143. The topological polar surface area (TPSA) is 29.6 Å². The fraction of sp³-hybridized carbons (Fsp3) is 0.550. The van der Waals surface area contributed by atoms with Crippen LogP contribution in [0.4, 0.5) is 0 Å². The quantitative estimate of drug-likeness (QED) is 0.416. The van der Waals surface area contributed by atoms with Crippen molar-refractivity contribution >= 4 is 17.5 Å². The zero-order chi connectivity index (χ0) is 16.4. The van der Waals surface area contributed by atoms with Gasteiger partial charge in [0.2, 0.25) is 0 Å². The second kappa shape index (κ2) is 6.82. The van der Waals surface area contributed by atoms with Crippen LogP contribution in [0.2, 0.25) is 0 Å². The first-order valence-corrected chi connectivity index (χ1v) is 9.42. The monoisotopic (exact) mass is 330 g/mol. The lowest BCUT2D eigenvalue weighted by atomic mass is 9.80. The number of carbonyl (C=O) groups is 1. The molecule has 1 saturated carbocycles. The molecule has 0 radical (unpaired) electrons. The number of allylic oxidation sites excluding steroid dienone is 2. The lowest BCUT2D eigenvalue weighted by Gasteiger charge is -2.25. The summed E-state index contributed by atoms with van der Waals surface area (Å²) in [5, 5.41) is 0.0143. The Morgan fingerprint density at radius 1 is 1.39 bits per heavy atom. The molecule has 4 atom stereocenters. The third-order valence-electron chi connectivity index (χ3n) is 5.00. The van der Waals surface area contributed by atoms with Crippen LogP contribution in [0.1, 0.15) is 46.5 Å². The van der Waals surface area contributed by atoms with Gasteiger partial charge in [0.05, 0.1) is 17.0 Å². The van der Waals surface area contributed by atoms with E-state index in [0.717, 1.165) is 25.7 Å². The molecule has 3 rings (SSSR count). The number of ketones is 1. The SMILES string of the molecule is CC(C)=CCC(Sc1ccccc1)C(=O)[C@H]1CC[C@@]2(C)O[C@H]2C1. The maximum atomic E-state index is 13.1. The van der Waals surface area contributed by atoms with Crippen molar-refractivity contribution in [3.8, 4) is 0 Å². The highest BCUT2D eigenvalue weighted by Gasteiger charge is 2.56. The molecular weight excluding hydrogens is 304 g/mol. The zero-order valence-corrected chi connectivity index (χ0v) is 15.1. The van der Waals surface area contributed by atoms with Gasteiger partial charge in [-0.1, -0.05) is 29.8 Å². The normalized spacial score (nSPS) is 30.2. The van der Waals surface area contributed by atoms with Gasteiger partial charge in [-0.25, -0.2) is 0 Å². The number of hydrogen-bond acceptors (Lipinski definition) is 3. The van der Waals surface area contributed by atoms with E-state index in [9.17, 15) is 4.79 Å². The van der Waals surface area contributed by atoms with Gasteiger partial charge in [0.1, 0.15) is 5.78 Å². The van der Waals surface area contributed by atoms with Crippen LogP contribution in [0.25, 0.3) is 0 Å². The van der Waals surface area contributed by atoms with E-state index in [1.54, 1.807) is 11.8 Å². The molecule has 124 valence electrons. The molecule has 0 aromatic heterocycles. The summed E-state index contributed by atoms with van der Waals surface area (Å²) < 4.78 is 5.77. The summed E-state index contributed by atoms with van der Waals surface area (Å²) in [6.07, 6.45) is 6.25. The molecule has 1 aliphatic heterocycles. The Morgan fingerprint density at radius 2 is 2.13 bits per heavy atom. The Kier molecular flexibility index (Phi) is 4.98. The summed E-state index contributed by atoms with van der Waals surface area (Å²) in [6, 6.07) is 10.3. The number of fused-ring (bicyclic) bond motifs is 1. The predicted molar refractivity (Wildman–Crippen MR) is 95.8 cm³/mol. The molecule has 0 bridgehead atoms. The summed E-state index contributed by atoms with van der Waals surface area (Å²) in [4.78, 5) is 14.3. The average Bonchev–Trinajstić information content (AvgIpc) is 3.22. The van der Waals surface area contributed by atoms with E-state index in [1.807, 2.05) is 18.2 Å². The summed E-state index contributed by atoms with van der Waals surface area (Å²) in [6.45, 7) is 6.37. The molecule has 1 aromatic carbocycles. The van der Waals surface area contributed by atoms with E-state index in [2.05, 4.69) is 39.0 Å². The number of ether oxygens (including phenoxy) is 1. The van der Waals surface area contributed by atoms with Crippen LogP contribution in [0, 0.1) is 5.92 Å². The number of hydrogen-bond donors (Lipinski definition) is 0. The summed E-state index contributed by atoms with van der Waals surface area (Å²) in [5.74, 6) is 0.580. The summed E-state index contributed by atoms with van der Waals surface area (Å²) in [5.41, 5.74) is 1.36. The highest BCUT2D eigenvalue weighted by molar-refractivity contribution is 8.00. The molecule has 1 heterocycles. The zero-order valence-electron chi connectivity index (χ0n) is 14.2. The minimum Gasteiger partial charge on any atom is -0.366 e. The first kappa shape index (κ1) is 16.8. The lowest BCUT2D eigenvalue weighted by molar-refractivity contribution is -0.123. The van der Waals surface area contributed by atoms with Gasteiger partial charge in [-0.05, 0) is 58.6 Å². The number of thioether (sulfide) groups is 1. The Morgan fingerprint density at radius 3 is 2.78 bits per heavy atom. The van der Waals surface area contributed by atoms with E-state index >= 15 is 0 Å². The van der Waals surface area contributed by atoms with Gasteiger partial charge in [-0.15, -0.1) is 11.8 Å². The molecule has 2 nitrogen and oxygen atoms in total. The van der Waals surface area contributed by atoms with Crippen LogP contribution in [0.15, 0.2) is 46.9 Å². The smallest absolute Gasteiger partial charge is 0.149 e. The van der Waals surface area contributed by atoms with Crippen LogP contribution in [-0.4, -0.2) is 22.7 Å². The Bertz CT molecular complexity index is 591. The van der Waals surface area contributed by atoms with Gasteiger partial charge in [-0.3, -0.25) is 4.79 Å². The second-order valence-electron chi connectivity index (χ2n) is 7.23. The molecule has 0 spiro atoms. The number of rotatable bonds is 6. The fourth-order valence-electron chi connectivity index (χ4n) is 3.40. The number of benzene rings is 1. The van der Waals surface area contributed by atoms with Gasteiger partial charge in [-0.2, -0.15) is 0 Å². The number of epoxide rings is 1. The molecule has 2 fully saturated rings. The molecule has 2 aliphatic rings. The van der Waals surface area contributed by atoms with E-state index < -0.39 is 0 Å². The van der Waals surface area contributed by atoms with Gasteiger partial charge in [0, 0.05) is 10.8 Å². The van der Waals surface area contributed by atoms with Crippen LogP contribution >= 0.6 is 11.8 Å². The molecule has 23 heavy (non-hydrogen) atoms. The van der Waals surface area contributed by atoms with Crippen molar-refractivity contribution in [2.45, 2.75) is 68.3 Å². The Balaban J connectivity index is 1.69. The second-order valence-corrected chi connectivity index (χ2v) is 8.51. The van der Waals surface area contributed by atoms with Crippen LogP contribution in [-0.2, 0) is 9.53 Å². The molecule has 1 aromatic rings. The average molecular weight is 330 g/mol. The molecule has 0 N–H and O–H groups in total. The van der Waals surface area contributed by atoms with Crippen LogP contribution in [0.5, 0.6) is 0 Å². The number of Topliss-reactive ketones (excluding diaryl/α,β-unsaturated/α-hetero) is 1. The van der Waals surface area contributed by atoms with Gasteiger partial charge < -0.3 is 4.74 Å². The number of carbonyl (C=O) groups excluding carboxylic acids is 1. The maximum Gasteiger partial charge on any atom is 0.149 e. The van der Waals surface area contributed by atoms with Crippen LogP contribution < -0.4 is 0 Å². The van der Waals surface area contributed by atoms with Crippen molar-refractivity contribution in [1.82, 2.24) is 0 Å². The Hall–Kier alpha value is -1.06.